The van der Waals surface area contributed by atoms with Gasteiger partial charge in [-0.25, -0.2) is 9.97 Å². The Balaban J connectivity index is 0.000000237. The molecule has 0 aliphatic carbocycles. The van der Waals surface area contributed by atoms with E-state index in [-0.39, 0.29) is 53.9 Å². The van der Waals surface area contributed by atoms with Crippen LogP contribution in [0.15, 0.2) is 52.6 Å². The fourth-order valence-corrected chi connectivity index (χ4v) is 3.55. The standard InChI is InChI=1S/C14H18N2O2.C11H12N2O2.Zn/c1-4-5-10-6-7-16-13(12(10)17)15-8-11(9(2)3)14(16)18;1-7(2)8-6-12-10-9(14)4-3-5-13(10)11(8)15;/h6-9,17H,4-5H2,1-3H3;3-7,14H,1-2H3;. The zero-order valence-corrected chi connectivity index (χ0v) is 23.3. The summed E-state index contributed by atoms with van der Waals surface area (Å²) in [6.07, 6.45) is 8.12. The van der Waals surface area contributed by atoms with Crippen LogP contribution < -0.4 is 11.1 Å². The van der Waals surface area contributed by atoms with Crippen molar-refractivity contribution >= 4 is 11.3 Å². The quantitative estimate of drug-likeness (QED) is 0.398. The number of hydrogen-bond donors (Lipinski definition) is 2. The zero-order chi connectivity index (χ0) is 24.3. The molecular formula is C25H30N4O4Zn. The smallest absolute Gasteiger partial charge is 0.261 e. The first-order valence-electron chi connectivity index (χ1n) is 11.1. The van der Waals surface area contributed by atoms with Gasteiger partial charge in [0.25, 0.3) is 11.1 Å². The van der Waals surface area contributed by atoms with Crippen LogP contribution in [0.5, 0.6) is 11.5 Å². The molecule has 0 saturated heterocycles. The summed E-state index contributed by atoms with van der Waals surface area (Å²) >= 11 is 0. The zero-order valence-electron chi connectivity index (χ0n) is 20.3. The van der Waals surface area contributed by atoms with Crippen molar-refractivity contribution in [2.24, 2.45) is 0 Å². The molecule has 2 N–H and O–H groups in total. The van der Waals surface area contributed by atoms with Crippen LogP contribution in [0.1, 0.15) is 69.6 Å². The van der Waals surface area contributed by atoms with Gasteiger partial charge in [-0.15, -0.1) is 0 Å². The van der Waals surface area contributed by atoms with E-state index in [1.165, 1.54) is 21.1 Å². The summed E-state index contributed by atoms with van der Waals surface area (Å²) in [7, 11) is 0. The topological polar surface area (TPSA) is 109 Å². The second-order valence-corrected chi connectivity index (χ2v) is 8.57. The van der Waals surface area contributed by atoms with Gasteiger partial charge in [0.05, 0.1) is 0 Å². The summed E-state index contributed by atoms with van der Waals surface area (Å²) in [6.45, 7) is 9.83. The van der Waals surface area contributed by atoms with E-state index in [1.807, 2.05) is 34.6 Å². The van der Waals surface area contributed by atoms with Crippen molar-refractivity contribution in [2.75, 3.05) is 0 Å². The second-order valence-electron chi connectivity index (χ2n) is 8.57. The molecule has 4 aromatic heterocycles. The van der Waals surface area contributed by atoms with E-state index < -0.39 is 0 Å². The Hall–Kier alpha value is -3.06. The van der Waals surface area contributed by atoms with Crippen molar-refractivity contribution in [3.05, 3.63) is 80.4 Å². The van der Waals surface area contributed by atoms with Crippen LogP contribution in [-0.4, -0.2) is 29.0 Å². The molecule has 0 aliphatic rings. The van der Waals surface area contributed by atoms with Gasteiger partial charge in [0.2, 0.25) is 0 Å². The molecule has 0 atom stereocenters. The third-order valence-corrected chi connectivity index (χ3v) is 5.46. The van der Waals surface area contributed by atoms with Gasteiger partial charge in [0, 0.05) is 55.4 Å². The largest absolute Gasteiger partial charge is 0.504 e. The van der Waals surface area contributed by atoms with Crippen LogP contribution in [0.2, 0.25) is 0 Å². The molecular weight excluding hydrogens is 486 g/mol. The number of nitrogens with zero attached hydrogens (tertiary/aromatic N) is 4. The summed E-state index contributed by atoms with van der Waals surface area (Å²) in [5, 5.41) is 19.6. The van der Waals surface area contributed by atoms with Crippen molar-refractivity contribution < 1.29 is 29.7 Å². The van der Waals surface area contributed by atoms with E-state index in [2.05, 4.69) is 9.97 Å². The number of aryl methyl sites for hydroxylation is 1. The Labute approximate surface area is 210 Å². The minimum atomic E-state index is -0.120. The molecule has 0 fully saturated rings. The minimum Gasteiger partial charge on any atom is -0.504 e. The third-order valence-electron chi connectivity index (χ3n) is 5.46. The maximum absolute atomic E-state index is 12.2. The van der Waals surface area contributed by atoms with Gasteiger partial charge >= 0.3 is 0 Å². The molecule has 0 saturated carbocycles. The van der Waals surface area contributed by atoms with Gasteiger partial charge in [-0.3, -0.25) is 18.4 Å². The first-order chi connectivity index (χ1) is 15.7. The van der Waals surface area contributed by atoms with E-state index in [9.17, 15) is 19.8 Å². The Morgan fingerprint density at radius 2 is 1.38 bits per heavy atom. The predicted octanol–water partition coefficient (Wildman–Crippen LogP) is 4.00. The third kappa shape index (κ3) is 5.36. The molecule has 9 heteroatoms. The SMILES string of the molecule is CC(C)c1cnc2c(O)cccn2c1=O.CCCc1ccn2c(=O)c(C(C)C)cnc2c1O.[Zn]. The van der Waals surface area contributed by atoms with Crippen LogP contribution in [0.25, 0.3) is 11.3 Å². The predicted molar refractivity (Wildman–Crippen MR) is 128 cm³/mol. The van der Waals surface area contributed by atoms with E-state index in [4.69, 9.17) is 0 Å². The molecule has 0 unspecified atom stereocenters. The monoisotopic (exact) mass is 514 g/mol. The Morgan fingerprint density at radius 1 is 0.853 bits per heavy atom. The molecule has 8 nitrogen and oxygen atoms in total. The number of aromatic nitrogens is 4. The Morgan fingerprint density at radius 3 is 1.91 bits per heavy atom. The van der Waals surface area contributed by atoms with Crippen molar-refractivity contribution in [3.63, 3.8) is 0 Å². The molecule has 4 heterocycles. The number of fused-ring (bicyclic) bond motifs is 2. The number of rotatable bonds is 4. The van der Waals surface area contributed by atoms with Gasteiger partial charge in [-0.1, -0.05) is 41.0 Å². The number of aromatic hydroxyl groups is 2. The summed E-state index contributed by atoms with van der Waals surface area (Å²) in [4.78, 5) is 32.4. The Bertz CT molecular complexity index is 1410. The van der Waals surface area contributed by atoms with E-state index in [0.29, 0.717) is 22.4 Å². The van der Waals surface area contributed by atoms with Crippen LogP contribution in [0, 0.1) is 0 Å². The molecule has 0 radical (unpaired) electrons. The summed E-state index contributed by atoms with van der Waals surface area (Å²) < 4.78 is 2.79. The van der Waals surface area contributed by atoms with Crippen molar-refractivity contribution in [3.8, 4) is 11.5 Å². The normalized spacial score (nSPS) is 10.9. The molecule has 34 heavy (non-hydrogen) atoms. The molecule has 0 aliphatic heterocycles. The average molecular weight is 516 g/mol. The van der Waals surface area contributed by atoms with Gasteiger partial charge < -0.3 is 10.2 Å². The summed E-state index contributed by atoms with van der Waals surface area (Å²) in [5.41, 5.74) is 2.57. The Kier molecular flexibility index (Phi) is 9.10. The molecule has 4 rings (SSSR count). The molecule has 4 aromatic rings. The van der Waals surface area contributed by atoms with Crippen LogP contribution in [0.4, 0.5) is 0 Å². The minimum absolute atomic E-state index is 0. The van der Waals surface area contributed by atoms with Crippen LogP contribution in [0.3, 0.4) is 0 Å². The molecule has 0 spiro atoms. The first-order valence-corrected chi connectivity index (χ1v) is 11.1. The molecule has 0 aromatic carbocycles. The summed E-state index contributed by atoms with van der Waals surface area (Å²) in [5.74, 6) is 0.389. The van der Waals surface area contributed by atoms with Crippen molar-refractivity contribution in [1.82, 2.24) is 18.8 Å². The average Bonchev–Trinajstić information content (AvgIpc) is 2.77. The number of pyridine rings is 2. The molecule has 176 valence electrons. The van der Waals surface area contributed by atoms with E-state index in [0.717, 1.165) is 18.4 Å². The van der Waals surface area contributed by atoms with Crippen LogP contribution >= 0.6 is 0 Å². The fourth-order valence-electron chi connectivity index (χ4n) is 3.55. The maximum Gasteiger partial charge on any atom is 0.261 e. The van der Waals surface area contributed by atoms with Crippen molar-refractivity contribution in [2.45, 2.75) is 59.3 Å². The van der Waals surface area contributed by atoms with Gasteiger partial charge in [-0.05, 0) is 42.0 Å². The second kappa shape index (κ2) is 11.4. The van der Waals surface area contributed by atoms with Crippen LogP contribution in [-0.2, 0) is 25.9 Å². The van der Waals surface area contributed by atoms with E-state index in [1.54, 1.807) is 30.7 Å². The number of hydrogen-bond acceptors (Lipinski definition) is 6. The first kappa shape index (κ1) is 27.2. The van der Waals surface area contributed by atoms with Gasteiger partial charge in [0.1, 0.15) is 0 Å². The molecule has 0 bridgehead atoms. The summed E-state index contributed by atoms with van der Waals surface area (Å²) in [6, 6.07) is 4.92. The van der Waals surface area contributed by atoms with Crippen molar-refractivity contribution in [1.29, 1.82) is 0 Å². The molecule has 0 amide bonds. The van der Waals surface area contributed by atoms with Gasteiger partial charge in [0.15, 0.2) is 22.8 Å². The maximum atomic E-state index is 12.2. The van der Waals surface area contributed by atoms with Gasteiger partial charge in [-0.2, -0.15) is 0 Å². The fraction of sp³-hybridized carbons (Fsp3) is 0.360. The van der Waals surface area contributed by atoms with E-state index >= 15 is 0 Å².